The second-order valence-electron chi connectivity index (χ2n) is 4.47. The number of thiophene rings is 1. The Hall–Kier alpha value is -0.380. The summed E-state index contributed by atoms with van der Waals surface area (Å²) in [4.78, 5) is 1.04. The van der Waals surface area contributed by atoms with Crippen molar-refractivity contribution in [2.45, 2.75) is 39.3 Å². The van der Waals surface area contributed by atoms with Crippen molar-refractivity contribution in [3.63, 3.8) is 0 Å². The molecule has 86 valence electrons. The molecule has 0 saturated carbocycles. The molecule has 0 bridgehead atoms. The van der Waals surface area contributed by atoms with Crippen LogP contribution in [0.2, 0.25) is 0 Å². The number of nitrogens with one attached hydrogen (secondary N) is 1. The van der Waals surface area contributed by atoms with Crippen molar-refractivity contribution in [2.75, 3.05) is 6.54 Å². The predicted octanol–water partition coefficient (Wildman–Crippen LogP) is 2.81. The molecule has 0 amide bonds. The molecule has 0 radical (unpaired) electrons. The summed E-state index contributed by atoms with van der Waals surface area (Å²) >= 11 is 1.61. The fourth-order valence-corrected chi connectivity index (χ4v) is 2.40. The quantitative estimate of drug-likeness (QED) is 0.783. The fourth-order valence-electron chi connectivity index (χ4n) is 1.68. The molecule has 3 heteroatoms. The number of aliphatic hydroxyl groups is 1. The summed E-state index contributed by atoms with van der Waals surface area (Å²) in [6.45, 7) is 7.25. The van der Waals surface area contributed by atoms with Crippen molar-refractivity contribution < 1.29 is 5.11 Å². The van der Waals surface area contributed by atoms with Gasteiger partial charge in [-0.2, -0.15) is 0 Å². The minimum Gasteiger partial charge on any atom is -0.386 e. The molecule has 0 saturated heterocycles. The number of rotatable bonds is 6. The fraction of sp³-hybridized carbons (Fsp3) is 0.667. The van der Waals surface area contributed by atoms with Gasteiger partial charge >= 0.3 is 0 Å². The Morgan fingerprint density at radius 2 is 2.13 bits per heavy atom. The van der Waals surface area contributed by atoms with Crippen LogP contribution in [0.5, 0.6) is 0 Å². The standard InChI is InChI=1S/C12H21NOS/c1-9(2)7-10(3)13-8-11(14)12-5-4-6-15-12/h4-6,9-11,13-14H,7-8H2,1-3H3. The molecule has 1 aromatic rings. The topological polar surface area (TPSA) is 32.3 Å². The maximum absolute atomic E-state index is 9.84. The summed E-state index contributed by atoms with van der Waals surface area (Å²) < 4.78 is 0. The zero-order valence-electron chi connectivity index (χ0n) is 9.73. The van der Waals surface area contributed by atoms with E-state index in [1.165, 1.54) is 0 Å². The van der Waals surface area contributed by atoms with Gasteiger partial charge in [0.1, 0.15) is 6.10 Å². The first-order valence-electron chi connectivity index (χ1n) is 5.54. The van der Waals surface area contributed by atoms with E-state index >= 15 is 0 Å². The molecule has 2 atom stereocenters. The summed E-state index contributed by atoms with van der Waals surface area (Å²) in [5.41, 5.74) is 0. The lowest BCUT2D eigenvalue weighted by Gasteiger charge is -2.18. The summed E-state index contributed by atoms with van der Waals surface area (Å²) in [6.07, 6.45) is 0.788. The van der Waals surface area contributed by atoms with Crippen LogP contribution < -0.4 is 5.32 Å². The predicted molar refractivity (Wildman–Crippen MR) is 66.2 cm³/mol. The Bertz CT molecular complexity index is 259. The van der Waals surface area contributed by atoms with E-state index in [4.69, 9.17) is 0 Å². The third-order valence-electron chi connectivity index (χ3n) is 2.36. The lowest BCUT2D eigenvalue weighted by Crippen LogP contribution is -2.31. The highest BCUT2D eigenvalue weighted by molar-refractivity contribution is 7.10. The zero-order chi connectivity index (χ0) is 11.3. The third kappa shape index (κ3) is 4.78. The van der Waals surface area contributed by atoms with Gasteiger partial charge in [0.05, 0.1) is 0 Å². The molecule has 0 aliphatic carbocycles. The molecular formula is C12H21NOS. The van der Waals surface area contributed by atoms with Gasteiger partial charge in [-0.05, 0) is 30.7 Å². The minimum atomic E-state index is -0.361. The molecular weight excluding hydrogens is 206 g/mol. The van der Waals surface area contributed by atoms with E-state index in [9.17, 15) is 5.11 Å². The monoisotopic (exact) mass is 227 g/mol. The molecule has 0 spiro atoms. The van der Waals surface area contributed by atoms with Crippen molar-refractivity contribution in [3.8, 4) is 0 Å². The molecule has 1 heterocycles. The van der Waals surface area contributed by atoms with Gasteiger partial charge in [-0.1, -0.05) is 19.9 Å². The van der Waals surface area contributed by atoms with Crippen molar-refractivity contribution >= 4 is 11.3 Å². The first kappa shape index (κ1) is 12.7. The average Bonchev–Trinajstić information content (AvgIpc) is 2.65. The van der Waals surface area contributed by atoms with Gasteiger partial charge in [-0.3, -0.25) is 0 Å². The summed E-state index contributed by atoms with van der Waals surface area (Å²) in [5.74, 6) is 0.700. The van der Waals surface area contributed by atoms with Crippen LogP contribution in [0.25, 0.3) is 0 Å². The Morgan fingerprint density at radius 3 is 2.67 bits per heavy atom. The molecule has 0 aliphatic rings. The second-order valence-corrected chi connectivity index (χ2v) is 5.45. The van der Waals surface area contributed by atoms with Crippen LogP contribution in [0.3, 0.4) is 0 Å². The largest absolute Gasteiger partial charge is 0.386 e. The highest BCUT2D eigenvalue weighted by Gasteiger charge is 2.10. The van der Waals surface area contributed by atoms with Crippen LogP contribution in [0.15, 0.2) is 17.5 Å². The summed E-state index contributed by atoms with van der Waals surface area (Å²) in [6, 6.07) is 4.42. The molecule has 1 aromatic heterocycles. The van der Waals surface area contributed by atoms with Crippen molar-refractivity contribution in [2.24, 2.45) is 5.92 Å². The van der Waals surface area contributed by atoms with E-state index in [1.54, 1.807) is 11.3 Å². The second kappa shape index (κ2) is 6.26. The maximum atomic E-state index is 9.84. The van der Waals surface area contributed by atoms with Gasteiger partial charge in [-0.15, -0.1) is 11.3 Å². The van der Waals surface area contributed by atoms with Crippen LogP contribution >= 0.6 is 11.3 Å². The Balaban J connectivity index is 2.25. The van der Waals surface area contributed by atoms with Crippen LogP contribution in [0, 0.1) is 5.92 Å². The molecule has 15 heavy (non-hydrogen) atoms. The molecule has 2 N–H and O–H groups in total. The average molecular weight is 227 g/mol. The Morgan fingerprint density at radius 1 is 1.40 bits per heavy atom. The van der Waals surface area contributed by atoms with E-state index in [2.05, 4.69) is 26.1 Å². The SMILES string of the molecule is CC(C)CC(C)NCC(O)c1cccs1. The highest BCUT2D eigenvalue weighted by atomic mass is 32.1. The molecule has 1 rings (SSSR count). The first-order valence-corrected chi connectivity index (χ1v) is 6.42. The van der Waals surface area contributed by atoms with E-state index in [1.807, 2.05) is 17.5 Å². The molecule has 2 unspecified atom stereocenters. The van der Waals surface area contributed by atoms with E-state index < -0.39 is 0 Å². The smallest absolute Gasteiger partial charge is 0.101 e. The van der Waals surface area contributed by atoms with E-state index in [-0.39, 0.29) is 6.10 Å². The Kier molecular flexibility index (Phi) is 5.29. The van der Waals surface area contributed by atoms with Gasteiger partial charge in [0.15, 0.2) is 0 Å². The minimum absolute atomic E-state index is 0.361. The number of aliphatic hydroxyl groups excluding tert-OH is 1. The lowest BCUT2D eigenvalue weighted by atomic mass is 10.1. The van der Waals surface area contributed by atoms with Gasteiger partial charge in [0, 0.05) is 17.5 Å². The molecule has 0 aliphatic heterocycles. The Labute approximate surface area is 96.3 Å². The maximum Gasteiger partial charge on any atom is 0.101 e. The van der Waals surface area contributed by atoms with Crippen LogP contribution in [0.4, 0.5) is 0 Å². The van der Waals surface area contributed by atoms with Gasteiger partial charge in [-0.25, -0.2) is 0 Å². The van der Waals surface area contributed by atoms with Crippen LogP contribution in [-0.2, 0) is 0 Å². The number of hydrogen-bond donors (Lipinski definition) is 2. The third-order valence-corrected chi connectivity index (χ3v) is 3.33. The molecule has 2 nitrogen and oxygen atoms in total. The summed E-state index contributed by atoms with van der Waals surface area (Å²) in [5, 5.41) is 15.2. The first-order chi connectivity index (χ1) is 7.09. The number of hydrogen-bond acceptors (Lipinski definition) is 3. The molecule has 0 fully saturated rings. The van der Waals surface area contributed by atoms with Gasteiger partial charge in [0.25, 0.3) is 0 Å². The highest BCUT2D eigenvalue weighted by Crippen LogP contribution is 2.18. The van der Waals surface area contributed by atoms with E-state index in [0.29, 0.717) is 18.5 Å². The van der Waals surface area contributed by atoms with Crippen LogP contribution in [0.1, 0.15) is 38.2 Å². The van der Waals surface area contributed by atoms with Crippen molar-refractivity contribution in [1.29, 1.82) is 0 Å². The van der Waals surface area contributed by atoms with Crippen LogP contribution in [-0.4, -0.2) is 17.7 Å². The van der Waals surface area contributed by atoms with Gasteiger partial charge < -0.3 is 10.4 Å². The zero-order valence-corrected chi connectivity index (χ0v) is 10.6. The van der Waals surface area contributed by atoms with Crippen molar-refractivity contribution in [3.05, 3.63) is 22.4 Å². The van der Waals surface area contributed by atoms with E-state index in [0.717, 1.165) is 11.3 Å². The van der Waals surface area contributed by atoms with Gasteiger partial charge in [0.2, 0.25) is 0 Å². The molecule has 0 aromatic carbocycles. The lowest BCUT2D eigenvalue weighted by molar-refractivity contribution is 0.172. The normalized spacial score (nSPS) is 15.5. The summed E-state index contributed by atoms with van der Waals surface area (Å²) in [7, 11) is 0. The van der Waals surface area contributed by atoms with Crippen molar-refractivity contribution in [1.82, 2.24) is 5.32 Å².